The average molecular weight is 425 g/mol. The number of hydrogen-bond donors (Lipinski definition) is 1. The fourth-order valence-electron chi connectivity index (χ4n) is 1.83. The summed E-state index contributed by atoms with van der Waals surface area (Å²) in [6, 6.07) is 11.2. The minimum atomic E-state index is -3.96. The molecule has 1 radical (unpaired) electrons. The molecule has 0 fully saturated rings. The molecule has 0 unspecified atom stereocenters. The monoisotopic (exact) mass is 424 g/mol. The number of benzene rings is 2. The Labute approximate surface area is 148 Å². The number of hydrogen-bond acceptors (Lipinski definition) is 5. The van der Waals surface area contributed by atoms with Gasteiger partial charge in [-0.05, 0) is 0 Å². The SMILES string of the molecule is N#Cc1ccc([As]C(=O)c2cccc(S(=O)(=O)Cl)c2)c(C(=O)O)c1. The summed E-state index contributed by atoms with van der Waals surface area (Å²) in [6.45, 7) is 0. The van der Waals surface area contributed by atoms with Gasteiger partial charge >= 0.3 is 149 Å². The van der Waals surface area contributed by atoms with Gasteiger partial charge in [0.05, 0.1) is 0 Å². The second kappa shape index (κ2) is 7.18. The molecule has 121 valence electrons. The van der Waals surface area contributed by atoms with E-state index in [2.05, 4.69) is 0 Å². The summed E-state index contributed by atoms with van der Waals surface area (Å²) in [5, 5.41) is 18.0. The maximum absolute atomic E-state index is 12.4. The Balaban J connectivity index is 2.38. The fraction of sp³-hybridized carbons (Fsp3) is 0. The van der Waals surface area contributed by atoms with E-state index >= 15 is 0 Å². The molecule has 0 atom stereocenters. The number of halogens is 1. The Hall–Kier alpha value is -2.13. The first kappa shape index (κ1) is 18.2. The van der Waals surface area contributed by atoms with E-state index in [-0.39, 0.29) is 26.2 Å². The molecule has 2 aromatic carbocycles. The molecule has 0 aliphatic rings. The molecule has 24 heavy (non-hydrogen) atoms. The quantitative estimate of drug-likeness (QED) is 0.573. The first-order valence-corrected chi connectivity index (χ1v) is 10.5. The van der Waals surface area contributed by atoms with Crippen LogP contribution in [-0.4, -0.2) is 39.8 Å². The molecule has 0 saturated heterocycles. The van der Waals surface area contributed by atoms with Crippen molar-refractivity contribution in [3.05, 3.63) is 59.2 Å². The average Bonchev–Trinajstić information content (AvgIpc) is 2.54. The third-order valence-corrected chi connectivity index (χ3v) is 6.58. The van der Waals surface area contributed by atoms with Crippen molar-refractivity contribution in [1.29, 1.82) is 5.26 Å². The zero-order chi connectivity index (χ0) is 17.9. The van der Waals surface area contributed by atoms with Gasteiger partial charge in [0, 0.05) is 0 Å². The molecule has 0 spiro atoms. The number of carboxylic acids is 1. The van der Waals surface area contributed by atoms with Gasteiger partial charge in [0.15, 0.2) is 0 Å². The van der Waals surface area contributed by atoms with E-state index in [0.29, 0.717) is 4.35 Å². The van der Waals surface area contributed by atoms with Crippen LogP contribution >= 0.6 is 10.7 Å². The second-order valence-corrected chi connectivity index (χ2v) is 9.43. The van der Waals surface area contributed by atoms with E-state index < -0.39 is 30.8 Å². The molecule has 0 aliphatic heterocycles. The van der Waals surface area contributed by atoms with Crippen LogP contribution in [0.15, 0.2) is 47.4 Å². The van der Waals surface area contributed by atoms with Crippen LogP contribution in [0.2, 0.25) is 0 Å². The summed E-state index contributed by atoms with van der Waals surface area (Å²) in [5.41, 5.74) is 0.209. The van der Waals surface area contributed by atoms with Crippen molar-refractivity contribution in [3.8, 4) is 6.07 Å². The van der Waals surface area contributed by atoms with Crippen LogP contribution in [0.3, 0.4) is 0 Å². The van der Waals surface area contributed by atoms with Crippen molar-refractivity contribution < 1.29 is 23.1 Å². The Kier molecular flexibility index (Phi) is 5.45. The van der Waals surface area contributed by atoms with Crippen molar-refractivity contribution in [3.63, 3.8) is 0 Å². The van der Waals surface area contributed by atoms with Gasteiger partial charge in [-0.25, -0.2) is 0 Å². The number of nitrogens with zero attached hydrogens (tertiary/aromatic N) is 1. The summed E-state index contributed by atoms with van der Waals surface area (Å²) < 4.78 is 22.6. The molecule has 1 N–H and O–H groups in total. The fourth-order valence-corrected chi connectivity index (χ4v) is 4.55. The topological polar surface area (TPSA) is 112 Å². The summed E-state index contributed by atoms with van der Waals surface area (Å²) in [5.74, 6) is -1.23. The van der Waals surface area contributed by atoms with Gasteiger partial charge in [0.1, 0.15) is 0 Å². The molecule has 0 amide bonds. The van der Waals surface area contributed by atoms with Gasteiger partial charge < -0.3 is 0 Å². The van der Waals surface area contributed by atoms with Crippen LogP contribution < -0.4 is 4.35 Å². The second-order valence-electron chi connectivity index (χ2n) is 4.53. The number of aromatic carboxylic acids is 1. The van der Waals surface area contributed by atoms with Crippen LogP contribution in [0.5, 0.6) is 0 Å². The van der Waals surface area contributed by atoms with Crippen LogP contribution in [0.4, 0.5) is 0 Å². The standard InChI is InChI=1S/C15H8AsClNO5S/c17-24(22,23)11-3-1-2-10(7-11)14(19)16-13-5-4-9(8-18)6-12(13)15(20)21/h1-7H,(H,20,21). The minimum absolute atomic E-state index is 0.108. The summed E-state index contributed by atoms with van der Waals surface area (Å²) >= 11 is -1.23. The van der Waals surface area contributed by atoms with Gasteiger partial charge in [0.25, 0.3) is 0 Å². The number of carboxylic acid groups (broad SMARTS) is 1. The zero-order valence-electron chi connectivity index (χ0n) is 11.8. The molecular weight excluding hydrogens is 417 g/mol. The summed E-state index contributed by atoms with van der Waals surface area (Å²) in [4.78, 5) is 23.5. The van der Waals surface area contributed by atoms with Gasteiger partial charge in [-0.2, -0.15) is 0 Å². The molecule has 0 heterocycles. The summed E-state index contributed by atoms with van der Waals surface area (Å²) in [7, 11) is 1.29. The maximum atomic E-state index is 12.4. The Morgan fingerprint density at radius 2 is 1.88 bits per heavy atom. The number of carbonyl (C=O) groups excluding carboxylic acids is 1. The van der Waals surface area contributed by atoms with Gasteiger partial charge in [-0.3, -0.25) is 0 Å². The molecule has 0 saturated carbocycles. The molecule has 6 nitrogen and oxygen atoms in total. The normalized spacial score (nSPS) is 11.3. The third kappa shape index (κ3) is 4.24. The van der Waals surface area contributed by atoms with E-state index in [1.807, 2.05) is 6.07 Å². The van der Waals surface area contributed by atoms with Gasteiger partial charge in [-0.15, -0.1) is 0 Å². The predicted octanol–water partition coefficient (Wildman–Crippen LogP) is 1.35. The Morgan fingerprint density at radius 1 is 1.17 bits per heavy atom. The molecule has 2 rings (SSSR count). The first-order chi connectivity index (χ1) is 11.2. The Morgan fingerprint density at radius 3 is 2.46 bits per heavy atom. The van der Waals surface area contributed by atoms with Crippen molar-refractivity contribution >= 4 is 50.4 Å². The number of nitriles is 1. The molecule has 0 aromatic heterocycles. The van der Waals surface area contributed by atoms with Crippen LogP contribution in [0.25, 0.3) is 0 Å². The molecule has 9 heteroatoms. The van der Waals surface area contributed by atoms with Crippen LogP contribution in [-0.2, 0) is 9.05 Å². The van der Waals surface area contributed by atoms with E-state index in [1.165, 1.54) is 36.4 Å². The van der Waals surface area contributed by atoms with Crippen molar-refractivity contribution in [2.24, 2.45) is 0 Å². The Bertz CT molecular complexity index is 982. The van der Waals surface area contributed by atoms with E-state index in [4.69, 9.17) is 15.9 Å². The van der Waals surface area contributed by atoms with Crippen LogP contribution in [0, 0.1) is 11.3 Å². The summed E-state index contributed by atoms with van der Waals surface area (Å²) in [6.07, 6.45) is 0. The first-order valence-electron chi connectivity index (χ1n) is 6.30. The molecule has 2 aromatic rings. The number of rotatable bonds is 5. The third-order valence-electron chi connectivity index (χ3n) is 2.94. The van der Waals surface area contributed by atoms with E-state index in [9.17, 15) is 23.1 Å². The van der Waals surface area contributed by atoms with Gasteiger partial charge in [0.2, 0.25) is 0 Å². The number of carbonyl (C=O) groups is 2. The molecule has 0 aliphatic carbocycles. The molecule has 0 bridgehead atoms. The van der Waals surface area contributed by atoms with E-state index in [0.717, 1.165) is 6.07 Å². The van der Waals surface area contributed by atoms with Gasteiger partial charge in [-0.1, -0.05) is 0 Å². The molecular formula is C15H8AsClNO5S. The van der Waals surface area contributed by atoms with Crippen molar-refractivity contribution in [1.82, 2.24) is 0 Å². The van der Waals surface area contributed by atoms with Crippen LogP contribution in [0.1, 0.15) is 26.3 Å². The van der Waals surface area contributed by atoms with Crippen molar-refractivity contribution in [2.45, 2.75) is 4.90 Å². The zero-order valence-corrected chi connectivity index (χ0v) is 15.3. The van der Waals surface area contributed by atoms with Crippen molar-refractivity contribution in [2.75, 3.05) is 0 Å². The predicted molar refractivity (Wildman–Crippen MR) is 87.3 cm³/mol. The van der Waals surface area contributed by atoms with E-state index in [1.54, 1.807) is 0 Å².